The maximum atomic E-state index is 6.13. The number of anilines is 1. The molecule has 21 heavy (non-hydrogen) atoms. The highest BCUT2D eigenvalue weighted by molar-refractivity contribution is 5.60. The predicted molar refractivity (Wildman–Crippen MR) is 87.2 cm³/mol. The highest BCUT2D eigenvalue weighted by Crippen LogP contribution is 2.32. The fraction of sp³-hybridized carbons (Fsp3) is 0.647. The molecule has 4 heteroatoms. The van der Waals surface area contributed by atoms with Gasteiger partial charge in [-0.1, -0.05) is 6.07 Å². The molecule has 1 fully saturated rings. The van der Waals surface area contributed by atoms with Crippen molar-refractivity contribution in [3.8, 4) is 5.75 Å². The largest absolute Gasteiger partial charge is 0.488 e. The smallest absolute Gasteiger partial charge is 0.143 e. The molecule has 2 unspecified atom stereocenters. The summed E-state index contributed by atoms with van der Waals surface area (Å²) in [5.74, 6) is 0.957. The zero-order valence-electron chi connectivity index (χ0n) is 13.5. The fourth-order valence-electron chi connectivity index (χ4n) is 2.76. The van der Waals surface area contributed by atoms with Crippen molar-refractivity contribution in [3.05, 3.63) is 23.8 Å². The maximum Gasteiger partial charge on any atom is 0.143 e. The molecule has 0 amide bonds. The summed E-state index contributed by atoms with van der Waals surface area (Å²) in [6, 6.07) is 6.65. The number of hydrogen-bond donors (Lipinski definition) is 1. The molecule has 0 bridgehead atoms. The Labute approximate surface area is 128 Å². The van der Waals surface area contributed by atoms with Crippen molar-refractivity contribution in [2.24, 2.45) is 5.73 Å². The van der Waals surface area contributed by atoms with Gasteiger partial charge in [-0.3, -0.25) is 0 Å². The van der Waals surface area contributed by atoms with E-state index < -0.39 is 0 Å². The van der Waals surface area contributed by atoms with Gasteiger partial charge >= 0.3 is 0 Å². The second kappa shape index (κ2) is 7.66. The summed E-state index contributed by atoms with van der Waals surface area (Å²) in [6.07, 6.45) is 3.30. The lowest BCUT2D eigenvalue weighted by Gasteiger charge is -2.34. The Kier molecular flexibility index (Phi) is 5.88. The molecule has 0 spiro atoms. The lowest BCUT2D eigenvalue weighted by Crippen LogP contribution is -2.43. The number of ether oxygens (including phenoxy) is 2. The van der Waals surface area contributed by atoms with Gasteiger partial charge in [0, 0.05) is 39.3 Å². The number of hydrogen-bond acceptors (Lipinski definition) is 4. The van der Waals surface area contributed by atoms with Crippen LogP contribution in [0, 0.1) is 6.92 Å². The number of benzene rings is 1. The van der Waals surface area contributed by atoms with Crippen LogP contribution in [0.5, 0.6) is 5.75 Å². The second-order valence-corrected chi connectivity index (χ2v) is 6.03. The van der Waals surface area contributed by atoms with Crippen LogP contribution in [0.2, 0.25) is 0 Å². The first-order chi connectivity index (χ1) is 10.1. The summed E-state index contributed by atoms with van der Waals surface area (Å²) in [6.45, 7) is 6.89. The van der Waals surface area contributed by atoms with Gasteiger partial charge in [-0.05, 0) is 44.4 Å². The molecule has 118 valence electrons. The average Bonchev–Trinajstić information content (AvgIpc) is 2.47. The molecular formula is C17H28N2O2. The van der Waals surface area contributed by atoms with Crippen molar-refractivity contribution in [1.29, 1.82) is 0 Å². The molecule has 0 radical (unpaired) electrons. The minimum absolute atomic E-state index is 0.143. The topological polar surface area (TPSA) is 47.7 Å². The molecule has 2 rings (SSSR count). The van der Waals surface area contributed by atoms with Crippen molar-refractivity contribution in [2.45, 2.75) is 45.3 Å². The minimum atomic E-state index is 0.143. The molecule has 0 aromatic heterocycles. The lowest BCUT2D eigenvalue weighted by molar-refractivity contribution is 0.135. The van der Waals surface area contributed by atoms with Gasteiger partial charge in [0.1, 0.15) is 5.75 Å². The highest BCUT2D eigenvalue weighted by Gasteiger charge is 2.20. The van der Waals surface area contributed by atoms with Gasteiger partial charge in [0.25, 0.3) is 0 Å². The van der Waals surface area contributed by atoms with Crippen LogP contribution in [0.25, 0.3) is 0 Å². The highest BCUT2D eigenvalue weighted by atomic mass is 16.5. The number of rotatable bonds is 6. The van der Waals surface area contributed by atoms with E-state index >= 15 is 0 Å². The van der Waals surface area contributed by atoms with Crippen molar-refractivity contribution in [2.75, 3.05) is 31.7 Å². The van der Waals surface area contributed by atoms with Gasteiger partial charge in [-0.15, -0.1) is 0 Å². The Bertz CT molecular complexity index is 450. The molecule has 1 aromatic rings. The summed E-state index contributed by atoms with van der Waals surface area (Å²) in [5.41, 5.74) is 8.54. The number of methoxy groups -OCH3 is 1. The Morgan fingerprint density at radius 1 is 1.43 bits per heavy atom. The van der Waals surface area contributed by atoms with E-state index in [0.29, 0.717) is 0 Å². The zero-order valence-corrected chi connectivity index (χ0v) is 13.5. The van der Waals surface area contributed by atoms with E-state index in [1.54, 1.807) is 7.11 Å². The Morgan fingerprint density at radius 3 is 2.95 bits per heavy atom. The third-order valence-corrected chi connectivity index (χ3v) is 3.97. The van der Waals surface area contributed by atoms with E-state index in [9.17, 15) is 0 Å². The first-order valence-electron chi connectivity index (χ1n) is 7.87. The molecule has 1 aliphatic heterocycles. The van der Waals surface area contributed by atoms with Crippen LogP contribution >= 0.6 is 0 Å². The van der Waals surface area contributed by atoms with Crippen LogP contribution < -0.4 is 15.4 Å². The van der Waals surface area contributed by atoms with E-state index in [1.165, 1.54) is 11.3 Å². The van der Waals surface area contributed by atoms with E-state index in [2.05, 4.69) is 36.9 Å². The second-order valence-electron chi connectivity index (χ2n) is 6.03. The van der Waals surface area contributed by atoms with Crippen LogP contribution in [0.1, 0.15) is 31.7 Å². The molecule has 1 aliphatic rings. The lowest BCUT2D eigenvalue weighted by atomic mass is 10.0. The normalized spacial score (nSPS) is 20.4. The minimum Gasteiger partial charge on any atom is -0.488 e. The number of nitrogens with two attached hydrogens (primary N) is 1. The third-order valence-electron chi connectivity index (χ3n) is 3.97. The van der Waals surface area contributed by atoms with Crippen LogP contribution in [0.15, 0.2) is 18.2 Å². The summed E-state index contributed by atoms with van der Waals surface area (Å²) < 4.78 is 11.3. The van der Waals surface area contributed by atoms with E-state index in [-0.39, 0.29) is 12.1 Å². The quantitative estimate of drug-likeness (QED) is 0.876. The Morgan fingerprint density at radius 2 is 2.24 bits per heavy atom. The predicted octanol–water partition coefficient (Wildman–Crippen LogP) is 2.73. The Hall–Kier alpha value is -1.26. The molecule has 2 N–H and O–H groups in total. The van der Waals surface area contributed by atoms with Gasteiger partial charge in [-0.2, -0.15) is 0 Å². The monoisotopic (exact) mass is 292 g/mol. The van der Waals surface area contributed by atoms with Crippen molar-refractivity contribution < 1.29 is 9.47 Å². The van der Waals surface area contributed by atoms with E-state index in [4.69, 9.17) is 15.2 Å². The molecular weight excluding hydrogens is 264 g/mol. The van der Waals surface area contributed by atoms with E-state index in [1.807, 2.05) is 0 Å². The van der Waals surface area contributed by atoms with Crippen LogP contribution in [-0.4, -0.2) is 39.0 Å². The van der Waals surface area contributed by atoms with Crippen LogP contribution in [0.4, 0.5) is 5.69 Å². The first-order valence-corrected chi connectivity index (χ1v) is 7.87. The summed E-state index contributed by atoms with van der Waals surface area (Å²) in [5, 5.41) is 0. The standard InChI is InChI=1S/C17H28N2O2/c1-13-6-7-17(21-14(2)8-10-20-3)16(11-13)19-9-4-5-15(18)12-19/h6-7,11,14-15H,4-5,8-10,12,18H2,1-3H3. The van der Waals surface area contributed by atoms with Gasteiger partial charge in [0.2, 0.25) is 0 Å². The SMILES string of the molecule is COCCC(C)Oc1ccc(C)cc1N1CCCC(N)C1. The van der Waals surface area contributed by atoms with Crippen LogP contribution in [0.3, 0.4) is 0 Å². The zero-order chi connectivity index (χ0) is 15.2. The summed E-state index contributed by atoms with van der Waals surface area (Å²) in [7, 11) is 1.72. The summed E-state index contributed by atoms with van der Waals surface area (Å²) in [4.78, 5) is 2.36. The molecule has 2 atom stereocenters. The van der Waals surface area contributed by atoms with E-state index in [0.717, 1.165) is 44.7 Å². The van der Waals surface area contributed by atoms with Crippen molar-refractivity contribution in [3.63, 3.8) is 0 Å². The molecule has 4 nitrogen and oxygen atoms in total. The van der Waals surface area contributed by atoms with Gasteiger partial charge < -0.3 is 20.1 Å². The Balaban J connectivity index is 2.13. The molecule has 1 aromatic carbocycles. The van der Waals surface area contributed by atoms with Crippen molar-refractivity contribution in [1.82, 2.24) is 0 Å². The van der Waals surface area contributed by atoms with Gasteiger partial charge in [-0.25, -0.2) is 0 Å². The molecule has 1 saturated heterocycles. The number of piperidine rings is 1. The molecule has 1 heterocycles. The first kappa shape index (κ1) is 16.1. The third kappa shape index (κ3) is 4.61. The maximum absolute atomic E-state index is 6.13. The van der Waals surface area contributed by atoms with Gasteiger partial charge in [0.15, 0.2) is 0 Å². The summed E-state index contributed by atoms with van der Waals surface area (Å²) >= 11 is 0. The van der Waals surface area contributed by atoms with Crippen LogP contribution in [-0.2, 0) is 4.74 Å². The van der Waals surface area contributed by atoms with Gasteiger partial charge in [0.05, 0.1) is 11.8 Å². The van der Waals surface area contributed by atoms with Crippen molar-refractivity contribution >= 4 is 5.69 Å². The number of nitrogens with zero attached hydrogens (tertiary/aromatic N) is 1. The molecule has 0 saturated carbocycles. The fourth-order valence-corrected chi connectivity index (χ4v) is 2.76. The molecule has 0 aliphatic carbocycles. The number of aryl methyl sites for hydroxylation is 1. The average molecular weight is 292 g/mol.